The van der Waals surface area contributed by atoms with E-state index in [4.69, 9.17) is 24.4 Å². The van der Waals surface area contributed by atoms with E-state index in [1.807, 2.05) is 0 Å². The van der Waals surface area contributed by atoms with Crippen LogP contribution in [0.2, 0.25) is 0 Å². The van der Waals surface area contributed by atoms with Crippen molar-refractivity contribution < 1.29 is 55.1 Å². The lowest BCUT2D eigenvalue weighted by molar-refractivity contribution is -0.355. The van der Waals surface area contributed by atoms with Gasteiger partial charge in [0.2, 0.25) is 0 Å². The van der Waals surface area contributed by atoms with E-state index in [-0.39, 0.29) is 0 Å². The van der Waals surface area contributed by atoms with Gasteiger partial charge in [-0.25, -0.2) is 0 Å². The number of rotatable bonds is 4. The Hall–Kier alpha value is -0.440. The Morgan fingerprint density at radius 2 is 1.22 bits per heavy atom. The van der Waals surface area contributed by atoms with Crippen molar-refractivity contribution in [1.82, 2.24) is 0 Å². The summed E-state index contributed by atoms with van der Waals surface area (Å²) in [5.74, 6) is 0. The van der Waals surface area contributed by atoms with Crippen LogP contribution in [0.5, 0.6) is 0 Å². The molecule has 0 aliphatic carbocycles. The molecule has 2 aliphatic heterocycles. The molecule has 2 heterocycles. The number of aliphatic hydroxyl groups excluding tert-OH is 8. The molecule has 136 valence electrons. The second-order valence-corrected chi connectivity index (χ2v) is 5.53. The smallest absolute Gasteiger partial charge is 0.187 e. The monoisotopic (exact) mass is 342 g/mol. The van der Waals surface area contributed by atoms with Gasteiger partial charge in [-0.1, -0.05) is 0 Å². The van der Waals surface area contributed by atoms with Crippen LogP contribution in [0.3, 0.4) is 0 Å². The van der Waals surface area contributed by atoms with Crippen LogP contribution in [0.15, 0.2) is 0 Å². The molecule has 2 saturated heterocycles. The fourth-order valence-corrected chi connectivity index (χ4v) is 2.56. The summed E-state index contributed by atoms with van der Waals surface area (Å²) in [7, 11) is 0. The Morgan fingerprint density at radius 1 is 0.652 bits per heavy atom. The first-order valence-electron chi connectivity index (χ1n) is 7.08. The molecule has 2 fully saturated rings. The Labute approximate surface area is 130 Å². The van der Waals surface area contributed by atoms with Crippen LogP contribution >= 0.6 is 0 Å². The molecule has 0 amide bonds. The molecule has 0 aromatic carbocycles. The number of ether oxygens (including phenoxy) is 3. The van der Waals surface area contributed by atoms with Gasteiger partial charge >= 0.3 is 0 Å². The highest BCUT2D eigenvalue weighted by Crippen LogP contribution is 2.28. The second-order valence-electron chi connectivity index (χ2n) is 5.53. The number of aliphatic hydroxyl groups is 8. The first-order valence-corrected chi connectivity index (χ1v) is 7.08. The molecule has 4 unspecified atom stereocenters. The third-order valence-electron chi connectivity index (χ3n) is 3.98. The minimum absolute atomic E-state index is 0.667. The van der Waals surface area contributed by atoms with Crippen LogP contribution in [0.4, 0.5) is 0 Å². The van der Waals surface area contributed by atoms with Crippen molar-refractivity contribution in [2.45, 2.75) is 61.4 Å². The van der Waals surface area contributed by atoms with Crippen molar-refractivity contribution in [3.63, 3.8) is 0 Å². The molecule has 0 spiro atoms. The van der Waals surface area contributed by atoms with E-state index in [0.29, 0.717) is 0 Å². The summed E-state index contributed by atoms with van der Waals surface area (Å²) in [5, 5.41) is 76.8. The average Bonchev–Trinajstić information content (AvgIpc) is 2.54. The zero-order valence-electron chi connectivity index (χ0n) is 12.0. The van der Waals surface area contributed by atoms with Gasteiger partial charge in [-0.3, -0.25) is 0 Å². The summed E-state index contributed by atoms with van der Waals surface area (Å²) in [5.41, 5.74) is 0. The largest absolute Gasteiger partial charge is 0.394 e. The maximum Gasteiger partial charge on any atom is 0.187 e. The molecule has 8 N–H and O–H groups in total. The van der Waals surface area contributed by atoms with Crippen molar-refractivity contribution in [3.05, 3.63) is 0 Å². The third-order valence-corrected chi connectivity index (χ3v) is 3.98. The zero-order chi connectivity index (χ0) is 17.3. The molecular weight excluding hydrogens is 320 g/mol. The first-order chi connectivity index (χ1) is 10.8. The Morgan fingerprint density at radius 3 is 1.78 bits per heavy atom. The van der Waals surface area contributed by atoms with Crippen LogP contribution in [0, 0.1) is 0 Å². The van der Waals surface area contributed by atoms with Crippen LogP contribution in [-0.2, 0) is 14.2 Å². The molecule has 0 saturated carbocycles. The van der Waals surface area contributed by atoms with Gasteiger partial charge in [0.25, 0.3) is 0 Å². The van der Waals surface area contributed by atoms with E-state index in [1.165, 1.54) is 0 Å². The molecule has 11 nitrogen and oxygen atoms in total. The lowest BCUT2D eigenvalue weighted by Crippen LogP contribution is -2.64. The van der Waals surface area contributed by atoms with Crippen molar-refractivity contribution in [2.24, 2.45) is 0 Å². The lowest BCUT2D eigenvalue weighted by atomic mass is 9.97. The molecule has 0 aromatic heterocycles. The minimum Gasteiger partial charge on any atom is -0.394 e. The Balaban J connectivity index is 2.11. The average molecular weight is 342 g/mol. The van der Waals surface area contributed by atoms with Gasteiger partial charge in [0.05, 0.1) is 13.2 Å². The second kappa shape index (κ2) is 7.63. The Bertz CT molecular complexity index is 380. The molecule has 11 heteroatoms. The van der Waals surface area contributed by atoms with Gasteiger partial charge in [0.15, 0.2) is 12.6 Å². The van der Waals surface area contributed by atoms with E-state index >= 15 is 0 Å². The molecule has 2 aliphatic rings. The van der Waals surface area contributed by atoms with Crippen LogP contribution in [0.25, 0.3) is 0 Å². The fourth-order valence-electron chi connectivity index (χ4n) is 2.56. The summed E-state index contributed by atoms with van der Waals surface area (Å²) in [6, 6.07) is 0. The lowest BCUT2D eigenvalue weighted by Gasteiger charge is -2.45. The maximum atomic E-state index is 10.00. The topological polar surface area (TPSA) is 190 Å². The van der Waals surface area contributed by atoms with Gasteiger partial charge < -0.3 is 55.1 Å². The van der Waals surface area contributed by atoms with E-state index < -0.39 is 74.6 Å². The SMILES string of the molecule is OCC1O[C@@H](O)[C@@H](O)C(O[C@H]2OC(CO)[C@H](O)[C@H](O)C2O)[C@H]1O. The van der Waals surface area contributed by atoms with Crippen molar-refractivity contribution in [2.75, 3.05) is 13.2 Å². The van der Waals surface area contributed by atoms with Crippen molar-refractivity contribution in [3.8, 4) is 0 Å². The van der Waals surface area contributed by atoms with Crippen molar-refractivity contribution >= 4 is 0 Å². The molecular formula is C12H22O11. The highest BCUT2D eigenvalue weighted by atomic mass is 16.7. The van der Waals surface area contributed by atoms with E-state index in [9.17, 15) is 30.6 Å². The summed E-state index contributed by atoms with van der Waals surface area (Å²) >= 11 is 0. The molecule has 23 heavy (non-hydrogen) atoms. The highest BCUT2D eigenvalue weighted by Gasteiger charge is 2.50. The van der Waals surface area contributed by atoms with Gasteiger partial charge in [0.1, 0.15) is 48.8 Å². The van der Waals surface area contributed by atoms with Gasteiger partial charge in [-0.15, -0.1) is 0 Å². The zero-order valence-corrected chi connectivity index (χ0v) is 12.0. The van der Waals surface area contributed by atoms with E-state index in [0.717, 1.165) is 0 Å². The molecule has 0 radical (unpaired) electrons. The van der Waals surface area contributed by atoms with Crippen LogP contribution in [-0.4, -0.2) is 115 Å². The van der Waals surface area contributed by atoms with E-state index in [1.54, 1.807) is 0 Å². The molecule has 2 rings (SSSR count). The Kier molecular flexibility index (Phi) is 6.27. The summed E-state index contributed by atoms with van der Waals surface area (Å²) in [6.07, 6.45) is -15.7. The van der Waals surface area contributed by atoms with E-state index in [2.05, 4.69) is 0 Å². The van der Waals surface area contributed by atoms with Crippen LogP contribution in [0.1, 0.15) is 0 Å². The molecule has 10 atom stereocenters. The third kappa shape index (κ3) is 3.65. The van der Waals surface area contributed by atoms with Gasteiger partial charge in [0, 0.05) is 0 Å². The summed E-state index contributed by atoms with van der Waals surface area (Å²) in [6.45, 7) is -1.34. The molecule has 0 aromatic rings. The maximum absolute atomic E-state index is 10.00. The van der Waals surface area contributed by atoms with Crippen LogP contribution < -0.4 is 0 Å². The number of hydrogen-bond acceptors (Lipinski definition) is 11. The predicted molar refractivity (Wildman–Crippen MR) is 68.6 cm³/mol. The fraction of sp³-hybridized carbons (Fsp3) is 1.00. The quantitative estimate of drug-likeness (QED) is 0.243. The predicted octanol–water partition coefficient (Wildman–Crippen LogP) is -5.40. The number of hydrogen-bond donors (Lipinski definition) is 8. The first kappa shape index (κ1) is 18.9. The highest BCUT2D eigenvalue weighted by molar-refractivity contribution is 4.93. The minimum atomic E-state index is -1.76. The summed E-state index contributed by atoms with van der Waals surface area (Å²) in [4.78, 5) is 0. The van der Waals surface area contributed by atoms with Gasteiger partial charge in [-0.2, -0.15) is 0 Å². The normalized spacial score (nSPS) is 51.7. The van der Waals surface area contributed by atoms with Crippen molar-refractivity contribution in [1.29, 1.82) is 0 Å². The standard InChI is InChI=1S/C12H22O11/c13-1-3-5(15)7(17)8(18)12(22-3)23-10-6(16)4(2-14)21-11(20)9(10)19/h3-20H,1-2H2/t3?,4?,5-,6-,7-,8?,9-,10?,11+,12+/m0/s1. The molecule has 0 bridgehead atoms. The summed E-state index contributed by atoms with van der Waals surface area (Å²) < 4.78 is 15.1. The van der Waals surface area contributed by atoms with Gasteiger partial charge in [-0.05, 0) is 0 Å².